The number of aromatic nitrogens is 2. The van der Waals surface area contributed by atoms with E-state index in [0.717, 1.165) is 33.4 Å². The highest BCUT2D eigenvalue weighted by Crippen LogP contribution is 2.31. The van der Waals surface area contributed by atoms with Crippen LogP contribution in [0.1, 0.15) is 31.2 Å². The smallest absolute Gasteiger partial charge is 0.137 e. The summed E-state index contributed by atoms with van der Waals surface area (Å²) >= 11 is 0. The van der Waals surface area contributed by atoms with E-state index in [1.165, 1.54) is 25.7 Å². The van der Waals surface area contributed by atoms with Crippen LogP contribution in [0.4, 0.5) is 10.2 Å². The largest absolute Gasteiger partial charge is 0.367 e. The normalized spacial score (nSPS) is 16.8. The average Bonchev–Trinajstić information content (AvgIpc) is 3.56. The van der Waals surface area contributed by atoms with E-state index in [4.69, 9.17) is 0 Å². The van der Waals surface area contributed by atoms with Crippen molar-refractivity contribution in [2.45, 2.75) is 44.3 Å². The van der Waals surface area contributed by atoms with Gasteiger partial charge in [-0.1, -0.05) is 12.1 Å². The number of rotatable bonds is 6. The Labute approximate surface area is 151 Å². The molecule has 4 nitrogen and oxygen atoms in total. The molecule has 1 heterocycles. The maximum Gasteiger partial charge on any atom is 0.137 e. The third-order valence-electron chi connectivity index (χ3n) is 5.09. The third-order valence-corrected chi connectivity index (χ3v) is 5.09. The van der Waals surface area contributed by atoms with Gasteiger partial charge in [-0.2, -0.15) is 0 Å². The summed E-state index contributed by atoms with van der Waals surface area (Å²) in [6, 6.07) is 12.6. The second kappa shape index (κ2) is 6.32. The summed E-state index contributed by atoms with van der Waals surface area (Å²) in [5.74, 6) is 0.735. The fraction of sp³-hybridized carbons (Fsp3) is 0.333. The van der Waals surface area contributed by atoms with Crippen LogP contribution in [0.3, 0.4) is 0 Å². The maximum atomic E-state index is 14.2. The number of benzene rings is 2. The fourth-order valence-corrected chi connectivity index (χ4v) is 3.20. The highest BCUT2D eigenvalue weighted by Gasteiger charge is 2.22. The van der Waals surface area contributed by atoms with Crippen molar-refractivity contribution >= 4 is 16.7 Å². The first-order valence-corrected chi connectivity index (χ1v) is 9.30. The molecule has 3 aromatic rings. The van der Waals surface area contributed by atoms with E-state index < -0.39 is 0 Å². The molecule has 0 atom stereocenters. The zero-order valence-corrected chi connectivity index (χ0v) is 14.5. The van der Waals surface area contributed by atoms with Crippen molar-refractivity contribution in [2.24, 2.45) is 0 Å². The predicted octanol–water partition coefficient (Wildman–Crippen LogP) is 4.26. The topological polar surface area (TPSA) is 49.8 Å². The van der Waals surface area contributed by atoms with Crippen LogP contribution in [-0.2, 0) is 6.54 Å². The first-order chi connectivity index (χ1) is 12.8. The van der Waals surface area contributed by atoms with Crippen molar-refractivity contribution in [3.05, 3.63) is 54.1 Å². The van der Waals surface area contributed by atoms with Gasteiger partial charge in [0.05, 0.1) is 5.52 Å². The molecule has 5 heteroatoms. The number of hydrogen-bond acceptors (Lipinski definition) is 4. The van der Waals surface area contributed by atoms with E-state index in [1.54, 1.807) is 12.4 Å². The lowest BCUT2D eigenvalue weighted by Crippen LogP contribution is -2.16. The highest BCUT2D eigenvalue weighted by molar-refractivity contribution is 5.92. The second-order valence-electron chi connectivity index (χ2n) is 7.33. The van der Waals surface area contributed by atoms with E-state index in [9.17, 15) is 4.39 Å². The first kappa shape index (κ1) is 15.7. The van der Waals surface area contributed by atoms with Crippen molar-refractivity contribution in [3.63, 3.8) is 0 Å². The Morgan fingerprint density at radius 1 is 0.923 bits per heavy atom. The summed E-state index contributed by atoms with van der Waals surface area (Å²) in [5.41, 5.74) is 3.71. The lowest BCUT2D eigenvalue weighted by molar-refractivity contribution is 0.587. The molecule has 132 valence electrons. The molecular weight excluding hydrogens is 327 g/mol. The molecule has 0 spiro atoms. The van der Waals surface area contributed by atoms with Gasteiger partial charge in [0.2, 0.25) is 0 Å². The van der Waals surface area contributed by atoms with Gasteiger partial charge in [-0.05, 0) is 61.1 Å². The minimum Gasteiger partial charge on any atom is -0.367 e. The number of hydrogen-bond donors (Lipinski definition) is 2. The van der Waals surface area contributed by atoms with E-state index in [2.05, 4.69) is 26.7 Å². The maximum absolute atomic E-state index is 14.2. The van der Waals surface area contributed by atoms with Crippen molar-refractivity contribution in [1.82, 2.24) is 15.3 Å². The lowest BCUT2D eigenvalue weighted by atomic mass is 10.0. The molecule has 0 saturated heterocycles. The molecule has 5 rings (SSSR count). The Bertz CT molecular complexity index is 963. The molecule has 0 bridgehead atoms. The average molecular weight is 348 g/mol. The zero-order valence-electron chi connectivity index (χ0n) is 14.5. The number of nitrogens with zero attached hydrogens (tertiary/aromatic N) is 2. The molecule has 0 amide bonds. The van der Waals surface area contributed by atoms with Crippen LogP contribution in [-0.4, -0.2) is 22.1 Å². The summed E-state index contributed by atoms with van der Waals surface area (Å²) in [6.07, 6.45) is 6.39. The van der Waals surface area contributed by atoms with Gasteiger partial charge in [-0.3, -0.25) is 0 Å². The Balaban J connectivity index is 1.50. The second-order valence-corrected chi connectivity index (χ2v) is 7.33. The molecule has 26 heavy (non-hydrogen) atoms. The SMILES string of the molecule is Fc1ccc(-c2ccc3ncnc(NC4CC4)c3c2)cc1CNC1CC1. The van der Waals surface area contributed by atoms with Crippen LogP contribution in [0.25, 0.3) is 22.0 Å². The summed E-state index contributed by atoms with van der Waals surface area (Å²) in [7, 11) is 0. The minimum atomic E-state index is -0.151. The summed E-state index contributed by atoms with van der Waals surface area (Å²) in [4.78, 5) is 8.79. The van der Waals surface area contributed by atoms with E-state index >= 15 is 0 Å². The molecule has 0 unspecified atom stereocenters. The van der Waals surface area contributed by atoms with E-state index in [0.29, 0.717) is 18.6 Å². The molecule has 1 aromatic heterocycles. The van der Waals surface area contributed by atoms with Crippen LogP contribution < -0.4 is 10.6 Å². The van der Waals surface area contributed by atoms with E-state index in [1.807, 2.05) is 24.3 Å². The van der Waals surface area contributed by atoms with Gasteiger partial charge in [-0.15, -0.1) is 0 Å². The summed E-state index contributed by atoms with van der Waals surface area (Å²) < 4.78 is 14.2. The van der Waals surface area contributed by atoms with Gasteiger partial charge >= 0.3 is 0 Å². The van der Waals surface area contributed by atoms with Crippen molar-refractivity contribution < 1.29 is 4.39 Å². The molecule has 2 aromatic carbocycles. The first-order valence-electron chi connectivity index (χ1n) is 9.30. The van der Waals surface area contributed by atoms with Gasteiger partial charge < -0.3 is 10.6 Å². The van der Waals surface area contributed by atoms with Crippen molar-refractivity contribution in [1.29, 1.82) is 0 Å². The number of nitrogens with one attached hydrogen (secondary N) is 2. The molecule has 2 aliphatic rings. The summed E-state index contributed by atoms with van der Waals surface area (Å²) in [6.45, 7) is 0.579. The standard InChI is InChI=1S/C21H21FN4/c22-19-7-1-13(9-15(19)11-23-16-3-4-16)14-2-8-20-18(10-14)21(25-12-24-20)26-17-5-6-17/h1-2,7-10,12,16-17,23H,3-6,11H2,(H,24,25,26). The zero-order chi connectivity index (χ0) is 17.5. The van der Waals surface area contributed by atoms with Crippen LogP contribution in [0, 0.1) is 5.82 Å². The molecule has 2 aliphatic carbocycles. The predicted molar refractivity (Wildman–Crippen MR) is 101 cm³/mol. The minimum absolute atomic E-state index is 0.151. The van der Waals surface area contributed by atoms with Crippen molar-refractivity contribution in [2.75, 3.05) is 5.32 Å². The Hall–Kier alpha value is -2.53. The van der Waals surface area contributed by atoms with Gasteiger partial charge in [-0.25, -0.2) is 14.4 Å². The van der Waals surface area contributed by atoms with Gasteiger partial charge in [0, 0.05) is 29.6 Å². The molecule has 2 N–H and O–H groups in total. The van der Waals surface area contributed by atoms with Gasteiger partial charge in [0.25, 0.3) is 0 Å². The lowest BCUT2D eigenvalue weighted by Gasteiger charge is -2.11. The van der Waals surface area contributed by atoms with Crippen LogP contribution in [0.2, 0.25) is 0 Å². The third kappa shape index (κ3) is 3.27. The van der Waals surface area contributed by atoms with Crippen LogP contribution in [0.15, 0.2) is 42.7 Å². The Morgan fingerprint density at radius 3 is 2.50 bits per heavy atom. The highest BCUT2D eigenvalue weighted by atomic mass is 19.1. The molecule has 0 radical (unpaired) electrons. The summed E-state index contributed by atoms with van der Waals surface area (Å²) in [5, 5.41) is 7.88. The van der Waals surface area contributed by atoms with Crippen LogP contribution in [0.5, 0.6) is 0 Å². The van der Waals surface area contributed by atoms with Crippen molar-refractivity contribution in [3.8, 4) is 11.1 Å². The molecule has 2 fully saturated rings. The Kier molecular flexibility index (Phi) is 3.82. The quantitative estimate of drug-likeness (QED) is 0.699. The number of fused-ring (bicyclic) bond motifs is 1. The number of halogens is 1. The number of anilines is 1. The van der Waals surface area contributed by atoms with Crippen LogP contribution >= 0.6 is 0 Å². The Morgan fingerprint density at radius 2 is 1.69 bits per heavy atom. The van der Waals surface area contributed by atoms with Gasteiger partial charge in [0.1, 0.15) is 18.0 Å². The molecule has 2 saturated carbocycles. The molecule has 0 aliphatic heterocycles. The monoisotopic (exact) mass is 348 g/mol. The molecular formula is C21H21FN4. The van der Waals surface area contributed by atoms with Gasteiger partial charge in [0.15, 0.2) is 0 Å². The van der Waals surface area contributed by atoms with E-state index in [-0.39, 0.29) is 5.82 Å². The fourth-order valence-electron chi connectivity index (χ4n) is 3.20.